The predicted molar refractivity (Wildman–Crippen MR) is 124 cm³/mol. The third-order valence-corrected chi connectivity index (χ3v) is 5.91. The Labute approximate surface area is 198 Å². The van der Waals surface area contributed by atoms with E-state index in [1.54, 1.807) is 44.4 Å². The normalized spacial score (nSPS) is 17.6. The molecule has 1 amide bonds. The maximum atomic E-state index is 13.0. The second kappa shape index (κ2) is 10.4. The Morgan fingerprint density at radius 3 is 2.38 bits per heavy atom. The van der Waals surface area contributed by atoms with E-state index < -0.39 is 0 Å². The van der Waals surface area contributed by atoms with Crippen LogP contribution in [-0.4, -0.2) is 59.1 Å². The third kappa shape index (κ3) is 5.05. The summed E-state index contributed by atoms with van der Waals surface area (Å²) in [4.78, 5) is 21.3. The first-order valence-electron chi connectivity index (χ1n) is 11.1. The fraction of sp³-hybridized carbons (Fsp3) is 0.417. The Hall–Kier alpha value is -3.82. The standard InChI is InChI=1S/C24H29N5O5/c1-29-20(14-19(28-29)18-13-17(31-2)9-10-21(18)32-3)22(30)27-15-5-7-16(8-6-15)34-24-23(33-4)25-11-12-26-24/h9-16H,5-8H2,1-4H3,(H,27,30). The minimum atomic E-state index is -0.164. The van der Waals surface area contributed by atoms with Gasteiger partial charge < -0.3 is 24.3 Å². The van der Waals surface area contributed by atoms with Crippen LogP contribution in [0.5, 0.6) is 23.3 Å². The Balaban J connectivity index is 1.38. The molecule has 10 heteroatoms. The highest BCUT2D eigenvalue weighted by Crippen LogP contribution is 2.33. The number of methoxy groups -OCH3 is 3. The second-order valence-corrected chi connectivity index (χ2v) is 8.04. The van der Waals surface area contributed by atoms with E-state index in [-0.39, 0.29) is 18.1 Å². The summed E-state index contributed by atoms with van der Waals surface area (Å²) in [5, 5.41) is 7.66. The quantitative estimate of drug-likeness (QED) is 0.538. The van der Waals surface area contributed by atoms with Crippen molar-refractivity contribution in [2.24, 2.45) is 7.05 Å². The van der Waals surface area contributed by atoms with Crippen LogP contribution in [0.2, 0.25) is 0 Å². The Morgan fingerprint density at radius 2 is 1.71 bits per heavy atom. The number of aryl methyl sites for hydroxylation is 1. The summed E-state index contributed by atoms with van der Waals surface area (Å²) >= 11 is 0. The molecule has 1 fully saturated rings. The van der Waals surface area contributed by atoms with Crippen LogP contribution in [0.25, 0.3) is 11.3 Å². The average molecular weight is 468 g/mol. The molecule has 1 aliphatic rings. The molecule has 34 heavy (non-hydrogen) atoms. The molecule has 0 aliphatic heterocycles. The van der Waals surface area contributed by atoms with Gasteiger partial charge in [-0.05, 0) is 49.9 Å². The Morgan fingerprint density at radius 1 is 0.971 bits per heavy atom. The number of nitrogens with zero attached hydrogens (tertiary/aromatic N) is 4. The van der Waals surface area contributed by atoms with Crippen molar-refractivity contribution in [2.75, 3.05) is 21.3 Å². The zero-order valence-corrected chi connectivity index (χ0v) is 19.8. The van der Waals surface area contributed by atoms with Crippen molar-refractivity contribution >= 4 is 5.91 Å². The molecule has 180 valence electrons. The van der Waals surface area contributed by atoms with Crippen molar-refractivity contribution in [2.45, 2.75) is 37.8 Å². The van der Waals surface area contributed by atoms with E-state index in [1.807, 2.05) is 18.2 Å². The van der Waals surface area contributed by atoms with E-state index in [0.717, 1.165) is 31.2 Å². The maximum absolute atomic E-state index is 13.0. The number of carbonyl (C=O) groups excluding carboxylic acids is 1. The van der Waals surface area contributed by atoms with E-state index in [9.17, 15) is 4.79 Å². The first-order valence-corrected chi connectivity index (χ1v) is 11.1. The molecule has 0 bridgehead atoms. The first-order chi connectivity index (χ1) is 16.5. The van der Waals surface area contributed by atoms with Gasteiger partial charge in [-0.25, -0.2) is 9.97 Å². The minimum absolute atomic E-state index is 0.00239. The van der Waals surface area contributed by atoms with Crippen molar-refractivity contribution in [3.8, 4) is 34.5 Å². The van der Waals surface area contributed by atoms with Crippen molar-refractivity contribution < 1.29 is 23.7 Å². The average Bonchev–Trinajstić information content (AvgIpc) is 3.26. The number of hydrogen-bond donors (Lipinski definition) is 1. The topological polar surface area (TPSA) is 110 Å². The van der Waals surface area contributed by atoms with Crippen LogP contribution in [-0.2, 0) is 7.05 Å². The van der Waals surface area contributed by atoms with Gasteiger partial charge in [-0.3, -0.25) is 9.48 Å². The van der Waals surface area contributed by atoms with Gasteiger partial charge in [0.1, 0.15) is 23.3 Å². The molecule has 2 heterocycles. The Bertz CT molecular complexity index is 1140. The number of benzene rings is 1. The summed E-state index contributed by atoms with van der Waals surface area (Å²) < 4.78 is 23.6. The maximum Gasteiger partial charge on any atom is 0.278 e. The second-order valence-electron chi connectivity index (χ2n) is 8.04. The zero-order valence-electron chi connectivity index (χ0n) is 19.8. The SMILES string of the molecule is COc1ccc(OC)c(-c2cc(C(=O)NC3CCC(Oc4nccnc4OC)CC3)n(C)n2)c1. The van der Waals surface area contributed by atoms with E-state index >= 15 is 0 Å². The lowest BCUT2D eigenvalue weighted by Gasteiger charge is -2.29. The van der Waals surface area contributed by atoms with Gasteiger partial charge in [0.05, 0.1) is 27.0 Å². The zero-order chi connectivity index (χ0) is 24.1. The number of rotatable bonds is 8. The smallest absolute Gasteiger partial charge is 0.278 e. The highest BCUT2D eigenvalue weighted by Gasteiger charge is 2.26. The van der Waals surface area contributed by atoms with E-state index in [0.29, 0.717) is 34.6 Å². The molecule has 3 aromatic rings. The summed E-state index contributed by atoms with van der Waals surface area (Å²) in [5.74, 6) is 1.95. The number of hydrogen-bond acceptors (Lipinski definition) is 8. The van der Waals surface area contributed by atoms with Gasteiger partial charge in [-0.15, -0.1) is 0 Å². The van der Waals surface area contributed by atoms with Crippen LogP contribution < -0.4 is 24.3 Å². The largest absolute Gasteiger partial charge is 0.497 e. The third-order valence-electron chi connectivity index (χ3n) is 5.91. The van der Waals surface area contributed by atoms with E-state index in [4.69, 9.17) is 18.9 Å². The van der Waals surface area contributed by atoms with Crippen molar-refractivity contribution in [1.82, 2.24) is 25.1 Å². The van der Waals surface area contributed by atoms with Crippen LogP contribution in [0.1, 0.15) is 36.2 Å². The first kappa shape index (κ1) is 23.3. The van der Waals surface area contributed by atoms with Crippen LogP contribution in [0.15, 0.2) is 36.7 Å². The van der Waals surface area contributed by atoms with E-state index in [1.165, 1.54) is 7.11 Å². The number of nitrogens with one attached hydrogen (secondary N) is 1. The van der Waals surface area contributed by atoms with Crippen LogP contribution >= 0.6 is 0 Å². The number of aromatic nitrogens is 4. The molecule has 0 spiro atoms. The van der Waals surface area contributed by atoms with Crippen molar-refractivity contribution in [3.63, 3.8) is 0 Å². The van der Waals surface area contributed by atoms with Crippen LogP contribution in [0, 0.1) is 0 Å². The number of amides is 1. The fourth-order valence-electron chi connectivity index (χ4n) is 4.10. The highest BCUT2D eigenvalue weighted by molar-refractivity contribution is 5.94. The lowest BCUT2D eigenvalue weighted by atomic mass is 9.93. The lowest BCUT2D eigenvalue weighted by Crippen LogP contribution is -2.40. The van der Waals surface area contributed by atoms with Gasteiger partial charge in [0.2, 0.25) is 0 Å². The molecule has 0 unspecified atom stereocenters. The molecule has 2 aromatic heterocycles. The summed E-state index contributed by atoms with van der Waals surface area (Å²) in [6.07, 6.45) is 6.33. The van der Waals surface area contributed by atoms with Crippen molar-refractivity contribution in [3.05, 3.63) is 42.4 Å². The molecule has 0 saturated heterocycles. The molecular formula is C24H29N5O5. The predicted octanol–water partition coefficient (Wildman–Crippen LogP) is 3.02. The molecule has 1 aliphatic carbocycles. The van der Waals surface area contributed by atoms with Gasteiger partial charge in [0, 0.05) is 31.0 Å². The van der Waals surface area contributed by atoms with Gasteiger partial charge in [0.25, 0.3) is 17.7 Å². The number of ether oxygens (including phenoxy) is 4. The molecular weight excluding hydrogens is 438 g/mol. The fourth-order valence-corrected chi connectivity index (χ4v) is 4.10. The molecule has 1 aromatic carbocycles. The highest BCUT2D eigenvalue weighted by atomic mass is 16.5. The van der Waals surface area contributed by atoms with Crippen LogP contribution in [0.3, 0.4) is 0 Å². The Kier molecular flexibility index (Phi) is 7.15. The molecule has 0 atom stereocenters. The monoisotopic (exact) mass is 467 g/mol. The summed E-state index contributed by atoms with van der Waals surface area (Å²) in [6, 6.07) is 7.30. The summed E-state index contributed by atoms with van der Waals surface area (Å²) in [5.41, 5.74) is 1.87. The number of carbonyl (C=O) groups is 1. The molecule has 1 N–H and O–H groups in total. The van der Waals surface area contributed by atoms with Crippen LogP contribution in [0.4, 0.5) is 0 Å². The minimum Gasteiger partial charge on any atom is -0.497 e. The molecule has 10 nitrogen and oxygen atoms in total. The molecule has 4 rings (SSSR count). The molecule has 0 radical (unpaired) electrons. The van der Waals surface area contributed by atoms with Crippen molar-refractivity contribution in [1.29, 1.82) is 0 Å². The summed E-state index contributed by atoms with van der Waals surface area (Å²) in [6.45, 7) is 0. The van der Waals surface area contributed by atoms with Gasteiger partial charge >= 0.3 is 0 Å². The van der Waals surface area contributed by atoms with Gasteiger partial charge in [0.15, 0.2) is 0 Å². The lowest BCUT2D eigenvalue weighted by molar-refractivity contribution is 0.0877. The molecule has 1 saturated carbocycles. The summed E-state index contributed by atoms with van der Waals surface area (Å²) in [7, 11) is 6.50. The van der Waals surface area contributed by atoms with E-state index in [2.05, 4.69) is 20.4 Å². The van der Waals surface area contributed by atoms with Gasteiger partial charge in [-0.1, -0.05) is 0 Å². The van der Waals surface area contributed by atoms with Gasteiger partial charge in [-0.2, -0.15) is 5.10 Å².